The van der Waals surface area contributed by atoms with E-state index in [4.69, 9.17) is 4.74 Å². The van der Waals surface area contributed by atoms with Crippen LogP contribution in [0.25, 0.3) is 32.3 Å². The number of ether oxygens (including phenoxy) is 1. The van der Waals surface area contributed by atoms with Gasteiger partial charge < -0.3 is 4.74 Å². The van der Waals surface area contributed by atoms with Crippen molar-refractivity contribution in [3.05, 3.63) is 108 Å². The summed E-state index contributed by atoms with van der Waals surface area (Å²) in [7, 11) is 0. The maximum atomic E-state index is 12.2. The second-order valence-corrected chi connectivity index (χ2v) is 8.29. The molecule has 0 atom stereocenters. The molecular formula is C30H26O2. The summed E-state index contributed by atoms with van der Waals surface area (Å²) < 4.78 is 5.21. The molecule has 5 aromatic carbocycles. The van der Waals surface area contributed by atoms with Crippen LogP contribution >= 0.6 is 0 Å². The number of hydrogen-bond acceptors (Lipinski definition) is 2. The first kappa shape index (κ1) is 20.3. The second kappa shape index (κ2) is 8.84. The number of aryl methyl sites for hydroxylation is 1. The van der Waals surface area contributed by atoms with Gasteiger partial charge in [-0.2, -0.15) is 0 Å². The first-order chi connectivity index (χ1) is 15.7. The number of rotatable bonds is 6. The van der Waals surface area contributed by atoms with E-state index in [2.05, 4.69) is 91.0 Å². The molecule has 0 unspecified atom stereocenters. The van der Waals surface area contributed by atoms with Crippen LogP contribution in [0.1, 0.15) is 30.0 Å². The van der Waals surface area contributed by atoms with E-state index in [-0.39, 0.29) is 5.97 Å². The van der Waals surface area contributed by atoms with E-state index in [9.17, 15) is 4.79 Å². The predicted octanol–water partition coefficient (Wildman–Crippen LogP) is 7.23. The largest absolute Gasteiger partial charge is 0.466 e. The Labute approximate surface area is 188 Å². The van der Waals surface area contributed by atoms with Gasteiger partial charge in [0.15, 0.2) is 0 Å². The predicted molar refractivity (Wildman–Crippen MR) is 133 cm³/mol. The fourth-order valence-electron chi connectivity index (χ4n) is 4.61. The van der Waals surface area contributed by atoms with Crippen molar-refractivity contribution in [1.29, 1.82) is 0 Å². The quantitative estimate of drug-likeness (QED) is 0.215. The van der Waals surface area contributed by atoms with E-state index in [1.54, 1.807) is 0 Å². The third kappa shape index (κ3) is 4.09. The summed E-state index contributed by atoms with van der Waals surface area (Å²) in [5.74, 6) is -0.137. The van der Waals surface area contributed by atoms with E-state index < -0.39 is 0 Å². The van der Waals surface area contributed by atoms with Crippen LogP contribution in [0.15, 0.2) is 91.0 Å². The van der Waals surface area contributed by atoms with Crippen molar-refractivity contribution in [1.82, 2.24) is 0 Å². The van der Waals surface area contributed by atoms with Gasteiger partial charge in [-0.15, -0.1) is 0 Å². The molecule has 32 heavy (non-hydrogen) atoms. The molecule has 2 nitrogen and oxygen atoms in total. The average molecular weight is 419 g/mol. The third-order valence-corrected chi connectivity index (χ3v) is 6.19. The monoisotopic (exact) mass is 418 g/mol. The summed E-state index contributed by atoms with van der Waals surface area (Å²) in [6.07, 6.45) is 1.91. The summed E-state index contributed by atoms with van der Waals surface area (Å²) in [6, 6.07) is 32.5. The van der Waals surface area contributed by atoms with Crippen LogP contribution < -0.4 is 0 Å². The number of esters is 1. The highest BCUT2D eigenvalue weighted by atomic mass is 16.5. The Morgan fingerprint density at radius 2 is 1.38 bits per heavy atom. The van der Waals surface area contributed by atoms with Gasteiger partial charge in [0.05, 0.1) is 6.61 Å². The molecule has 0 saturated heterocycles. The average Bonchev–Trinajstić information content (AvgIpc) is 2.82. The Bertz CT molecular complexity index is 1430. The Hall–Kier alpha value is -3.65. The van der Waals surface area contributed by atoms with Crippen molar-refractivity contribution in [2.45, 2.75) is 26.2 Å². The maximum absolute atomic E-state index is 12.2. The van der Waals surface area contributed by atoms with Gasteiger partial charge in [0.2, 0.25) is 0 Å². The molecule has 0 amide bonds. The van der Waals surface area contributed by atoms with Crippen LogP contribution in [0.4, 0.5) is 0 Å². The van der Waals surface area contributed by atoms with Gasteiger partial charge in [-0.1, -0.05) is 78.9 Å². The number of benzene rings is 5. The number of hydrogen-bond donors (Lipinski definition) is 0. The second-order valence-electron chi connectivity index (χ2n) is 8.29. The minimum absolute atomic E-state index is 0.137. The Morgan fingerprint density at radius 1 is 0.719 bits per heavy atom. The number of carbonyl (C=O) groups excluding carboxylic acids is 1. The summed E-state index contributed by atoms with van der Waals surface area (Å²) >= 11 is 0. The molecule has 0 bridgehead atoms. The maximum Gasteiger partial charge on any atom is 0.306 e. The molecule has 5 aromatic rings. The van der Waals surface area contributed by atoms with E-state index in [1.807, 2.05) is 6.92 Å². The van der Waals surface area contributed by atoms with Crippen molar-refractivity contribution >= 4 is 38.3 Å². The van der Waals surface area contributed by atoms with Gasteiger partial charge >= 0.3 is 5.97 Å². The molecule has 0 radical (unpaired) electrons. The molecule has 0 fully saturated rings. The highest BCUT2D eigenvalue weighted by Crippen LogP contribution is 2.30. The molecule has 0 aliphatic carbocycles. The fourth-order valence-corrected chi connectivity index (χ4v) is 4.61. The van der Waals surface area contributed by atoms with Crippen LogP contribution in [-0.2, 0) is 22.4 Å². The van der Waals surface area contributed by atoms with Crippen molar-refractivity contribution in [2.75, 3.05) is 6.61 Å². The molecule has 5 rings (SSSR count). The lowest BCUT2D eigenvalue weighted by Crippen LogP contribution is -2.07. The van der Waals surface area contributed by atoms with Crippen LogP contribution in [0, 0.1) is 0 Å². The Balaban J connectivity index is 1.59. The molecular weight excluding hydrogens is 392 g/mol. The van der Waals surface area contributed by atoms with Crippen LogP contribution in [-0.4, -0.2) is 12.6 Å². The topological polar surface area (TPSA) is 26.3 Å². The Kier molecular flexibility index (Phi) is 5.60. The van der Waals surface area contributed by atoms with E-state index in [0.29, 0.717) is 19.4 Å². The van der Waals surface area contributed by atoms with Gasteiger partial charge in [-0.25, -0.2) is 0 Å². The molecule has 0 spiro atoms. The SMILES string of the molecule is CCOC(=O)CCc1c(Cc2ccc3ccccc3c2)ccc2cc3ccccc3cc12. The highest BCUT2D eigenvalue weighted by Gasteiger charge is 2.13. The summed E-state index contributed by atoms with van der Waals surface area (Å²) in [4.78, 5) is 12.2. The van der Waals surface area contributed by atoms with Crippen LogP contribution in [0.5, 0.6) is 0 Å². The fraction of sp³-hybridized carbons (Fsp3) is 0.167. The Morgan fingerprint density at radius 3 is 2.12 bits per heavy atom. The summed E-state index contributed by atoms with van der Waals surface area (Å²) in [5, 5.41) is 7.41. The first-order valence-electron chi connectivity index (χ1n) is 11.3. The number of carbonyl (C=O) groups is 1. The first-order valence-corrected chi connectivity index (χ1v) is 11.3. The van der Waals surface area contributed by atoms with Crippen molar-refractivity contribution in [3.8, 4) is 0 Å². The zero-order chi connectivity index (χ0) is 21.9. The zero-order valence-corrected chi connectivity index (χ0v) is 18.3. The van der Waals surface area contributed by atoms with E-state index in [1.165, 1.54) is 49.0 Å². The minimum Gasteiger partial charge on any atom is -0.466 e. The van der Waals surface area contributed by atoms with Gasteiger partial charge in [-0.05, 0) is 80.9 Å². The zero-order valence-electron chi connectivity index (χ0n) is 18.3. The smallest absolute Gasteiger partial charge is 0.306 e. The molecule has 0 saturated carbocycles. The van der Waals surface area contributed by atoms with Crippen molar-refractivity contribution < 1.29 is 9.53 Å². The van der Waals surface area contributed by atoms with E-state index >= 15 is 0 Å². The molecule has 0 N–H and O–H groups in total. The highest BCUT2D eigenvalue weighted by molar-refractivity contribution is 6.00. The van der Waals surface area contributed by atoms with Gasteiger partial charge in [0.25, 0.3) is 0 Å². The minimum atomic E-state index is -0.137. The van der Waals surface area contributed by atoms with Crippen LogP contribution in [0.2, 0.25) is 0 Å². The van der Waals surface area contributed by atoms with Crippen molar-refractivity contribution in [2.24, 2.45) is 0 Å². The summed E-state index contributed by atoms with van der Waals surface area (Å²) in [5.41, 5.74) is 3.79. The lowest BCUT2D eigenvalue weighted by atomic mass is 9.90. The lowest BCUT2D eigenvalue weighted by Gasteiger charge is -2.15. The van der Waals surface area contributed by atoms with Gasteiger partial charge in [-0.3, -0.25) is 4.79 Å². The molecule has 0 aromatic heterocycles. The third-order valence-electron chi connectivity index (χ3n) is 6.19. The van der Waals surface area contributed by atoms with Gasteiger partial charge in [0.1, 0.15) is 0 Å². The normalized spacial score (nSPS) is 11.3. The van der Waals surface area contributed by atoms with E-state index in [0.717, 1.165) is 6.42 Å². The molecule has 158 valence electrons. The standard InChI is InChI=1S/C30H26O2/c1-2-32-30(31)16-15-28-26(18-21-11-12-22-7-3-4-8-23(22)17-21)13-14-27-19-24-9-5-6-10-25(24)20-29(27)28/h3-14,17,19-20H,2,15-16,18H2,1H3. The molecule has 0 aliphatic rings. The van der Waals surface area contributed by atoms with Gasteiger partial charge in [0, 0.05) is 6.42 Å². The molecule has 2 heteroatoms. The lowest BCUT2D eigenvalue weighted by molar-refractivity contribution is -0.143. The van der Waals surface area contributed by atoms with Crippen LogP contribution in [0.3, 0.4) is 0 Å². The number of fused-ring (bicyclic) bond motifs is 3. The molecule has 0 heterocycles. The molecule has 0 aliphatic heterocycles. The van der Waals surface area contributed by atoms with Crippen molar-refractivity contribution in [3.63, 3.8) is 0 Å². The summed E-state index contributed by atoms with van der Waals surface area (Å²) in [6.45, 7) is 2.27.